The van der Waals surface area contributed by atoms with Crippen LogP contribution in [0.3, 0.4) is 0 Å². The molecule has 0 amide bonds. The molecule has 1 aromatic rings. The fourth-order valence-corrected chi connectivity index (χ4v) is 0.970. The highest BCUT2D eigenvalue weighted by Gasteiger charge is 2.08. The van der Waals surface area contributed by atoms with Gasteiger partial charge in [0.15, 0.2) is 5.82 Å². The number of hydrogen-bond donors (Lipinski definition) is 1. The van der Waals surface area contributed by atoms with Crippen molar-refractivity contribution in [1.82, 2.24) is 4.98 Å². The van der Waals surface area contributed by atoms with E-state index >= 15 is 0 Å². The minimum absolute atomic E-state index is 0.285. The van der Waals surface area contributed by atoms with E-state index in [1.165, 1.54) is 0 Å². The summed E-state index contributed by atoms with van der Waals surface area (Å²) in [4.78, 5) is 7.76. The zero-order chi connectivity index (χ0) is 10.0. The van der Waals surface area contributed by atoms with Crippen molar-refractivity contribution < 1.29 is 4.39 Å². The molecule has 0 saturated heterocycles. The summed E-state index contributed by atoms with van der Waals surface area (Å²) >= 11 is 0. The number of pyridine rings is 1. The predicted molar refractivity (Wildman–Crippen MR) is 50.6 cm³/mol. The van der Waals surface area contributed by atoms with Gasteiger partial charge >= 0.3 is 0 Å². The van der Waals surface area contributed by atoms with Crippen LogP contribution in [0.15, 0.2) is 11.2 Å². The van der Waals surface area contributed by atoms with E-state index < -0.39 is 5.82 Å². The lowest BCUT2D eigenvalue weighted by Gasteiger charge is -2.03. The summed E-state index contributed by atoms with van der Waals surface area (Å²) in [6.07, 6.45) is 1.58. The van der Waals surface area contributed by atoms with Crippen LogP contribution in [0.1, 0.15) is 18.2 Å². The molecule has 4 heteroatoms. The molecule has 0 bridgehead atoms. The first kappa shape index (κ1) is 9.64. The number of halogens is 1. The zero-order valence-electron chi connectivity index (χ0n) is 7.93. The van der Waals surface area contributed by atoms with Crippen molar-refractivity contribution >= 4 is 11.5 Å². The molecule has 0 spiro atoms. The van der Waals surface area contributed by atoms with E-state index in [0.29, 0.717) is 17.1 Å². The highest BCUT2D eigenvalue weighted by atomic mass is 19.1. The Kier molecular flexibility index (Phi) is 2.60. The summed E-state index contributed by atoms with van der Waals surface area (Å²) in [5.74, 6) is -0.0580. The molecule has 3 nitrogen and oxygen atoms in total. The Morgan fingerprint density at radius 1 is 1.54 bits per heavy atom. The molecule has 0 aliphatic rings. The number of amidine groups is 1. The van der Waals surface area contributed by atoms with Gasteiger partial charge in [0.1, 0.15) is 5.69 Å². The predicted octanol–water partition coefficient (Wildman–Crippen LogP) is 1.85. The van der Waals surface area contributed by atoms with Crippen LogP contribution in [-0.4, -0.2) is 10.8 Å². The molecular weight excluding hydrogens is 169 g/mol. The number of nitrogens with zero attached hydrogens (tertiary/aromatic N) is 2. The molecule has 2 N–H and O–H groups in total. The van der Waals surface area contributed by atoms with E-state index in [0.717, 1.165) is 0 Å². The van der Waals surface area contributed by atoms with Crippen LogP contribution in [0.5, 0.6) is 0 Å². The maximum atomic E-state index is 13.4. The van der Waals surface area contributed by atoms with Crippen molar-refractivity contribution in [3.8, 4) is 0 Å². The number of aliphatic imine (C=N–C) groups is 1. The van der Waals surface area contributed by atoms with Gasteiger partial charge in [-0.15, -0.1) is 0 Å². The third-order valence-electron chi connectivity index (χ3n) is 1.64. The number of rotatable bonds is 1. The van der Waals surface area contributed by atoms with Crippen LogP contribution in [0.2, 0.25) is 0 Å². The first-order valence-electron chi connectivity index (χ1n) is 3.95. The average molecular weight is 181 g/mol. The highest BCUT2D eigenvalue weighted by molar-refractivity contribution is 5.81. The van der Waals surface area contributed by atoms with Crippen molar-refractivity contribution in [3.63, 3.8) is 0 Å². The average Bonchev–Trinajstić information content (AvgIpc) is 2.05. The molecule has 0 aliphatic carbocycles. The van der Waals surface area contributed by atoms with Gasteiger partial charge in [0.05, 0.1) is 11.5 Å². The molecular formula is C9H12FN3. The van der Waals surface area contributed by atoms with Crippen LogP contribution in [0.25, 0.3) is 0 Å². The summed E-state index contributed by atoms with van der Waals surface area (Å²) in [6.45, 7) is 4.96. The Balaban J connectivity index is 3.34. The first-order chi connectivity index (χ1) is 6.02. The smallest absolute Gasteiger partial charge is 0.170 e. The summed E-state index contributed by atoms with van der Waals surface area (Å²) in [5, 5.41) is 0. The quantitative estimate of drug-likeness (QED) is 0.531. The van der Waals surface area contributed by atoms with E-state index in [1.807, 2.05) is 0 Å². The molecule has 0 aliphatic heterocycles. The van der Waals surface area contributed by atoms with Crippen molar-refractivity contribution in [1.29, 1.82) is 0 Å². The minimum atomic E-state index is -0.398. The second kappa shape index (κ2) is 3.51. The van der Waals surface area contributed by atoms with Gasteiger partial charge in [-0.25, -0.2) is 9.38 Å². The lowest BCUT2D eigenvalue weighted by Crippen LogP contribution is -2.05. The summed E-state index contributed by atoms with van der Waals surface area (Å²) in [7, 11) is 0. The number of hydrogen-bond acceptors (Lipinski definition) is 2. The fraction of sp³-hybridized carbons (Fsp3) is 0.333. The molecule has 1 heterocycles. The van der Waals surface area contributed by atoms with Crippen LogP contribution >= 0.6 is 0 Å². The third-order valence-corrected chi connectivity index (χ3v) is 1.64. The van der Waals surface area contributed by atoms with E-state index in [1.54, 1.807) is 27.0 Å². The molecule has 13 heavy (non-hydrogen) atoms. The lowest BCUT2D eigenvalue weighted by molar-refractivity contribution is 0.610. The molecule has 0 saturated carbocycles. The number of nitrogens with two attached hydrogens (primary N) is 1. The van der Waals surface area contributed by atoms with Gasteiger partial charge < -0.3 is 5.73 Å². The first-order valence-corrected chi connectivity index (χ1v) is 3.95. The zero-order valence-corrected chi connectivity index (χ0v) is 7.93. The molecule has 0 radical (unpaired) electrons. The molecule has 0 fully saturated rings. The van der Waals surface area contributed by atoms with Crippen molar-refractivity contribution in [2.75, 3.05) is 0 Å². The molecule has 1 aromatic heterocycles. The van der Waals surface area contributed by atoms with E-state index in [4.69, 9.17) is 5.73 Å². The summed E-state index contributed by atoms with van der Waals surface area (Å²) in [5.41, 5.74) is 6.69. The molecule has 0 unspecified atom stereocenters. The van der Waals surface area contributed by atoms with E-state index in [9.17, 15) is 4.39 Å². The Hall–Kier alpha value is -1.45. The number of aromatic nitrogens is 1. The molecule has 0 aromatic carbocycles. The van der Waals surface area contributed by atoms with Crippen LogP contribution < -0.4 is 5.73 Å². The third kappa shape index (κ3) is 2.02. The second-order valence-corrected chi connectivity index (χ2v) is 2.94. The Labute approximate surface area is 76.5 Å². The van der Waals surface area contributed by atoms with Crippen molar-refractivity contribution in [2.45, 2.75) is 20.8 Å². The van der Waals surface area contributed by atoms with Gasteiger partial charge in [-0.2, -0.15) is 0 Å². The lowest BCUT2D eigenvalue weighted by atomic mass is 10.2. The van der Waals surface area contributed by atoms with Gasteiger partial charge in [0.25, 0.3) is 0 Å². The Morgan fingerprint density at radius 2 is 2.15 bits per heavy atom. The maximum Gasteiger partial charge on any atom is 0.170 e. The summed E-state index contributed by atoms with van der Waals surface area (Å²) in [6, 6.07) is 0. The standard InChI is InChI=1S/C9H12FN3/c1-5-4-12-6(2)8(10)9(5)13-7(3)11/h4H,1-3H3,(H2,11,12,13). The Bertz CT molecular complexity index is 354. The molecule has 70 valence electrons. The van der Waals surface area contributed by atoms with Crippen molar-refractivity contribution in [3.05, 3.63) is 23.3 Å². The normalized spacial score (nSPS) is 11.8. The number of aryl methyl sites for hydroxylation is 2. The molecule has 1 rings (SSSR count). The molecule has 0 atom stereocenters. The van der Waals surface area contributed by atoms with Crippen molar-refractivity contribution in [2.24, 2.45) is 10.7 Å². The SMILES string of the molecule is CC(N)=Nc1c(C)cnc(C)c1F. The van der Waals surface area contributed by atoms with Gasteiger partial charge in [-0.05, 0) is 26.3 Å². The topological polar surface area (TPSA) is 51.3 Å². The Morgan fingerprint density at radius 3 is 2.69 bits per heavy atom. The highest BCUT2D eigenvalue weighted by Crippen LogP contribution is 2.23. The largest absolute Gasteiger partial charge is 0.387 e. The second-order valence-electron chi connectivity index (χ2n) is 2.94. The fourth-order valence-electron chi connectivity index (χ4n) is 0.970. The van der Waals surface area contributed by atoms with Gasteiger partial charge in [0, 0.05) is 6.20 Å². The monoisotopic (exact) mass is 181 g/mol. The van der Waals surface area contributed by atoms with Crippen LogP contribution in [0, 0.1) is 19.7 Å². The minimum Gasteiger partial charge on any atom is -0.387 e. The van der Waals surface area contributed by atoms with Gasteiger partial charge in [-0.1, -0.05) is 0 Å². The van der Waals surface area contributed by atoms with Crippen LogP contribution in [-0.2, 0) is 0 Å². The van der Waals surface area contributed by atoms with E-state index in [-0.39, 0.29) is 5.69 Å². The van der Waals surface area contributed by atoms with E-state index in [2.05, 4.69) is 9.98 Å². The van der Waals surface area contributed by atoms with Gasteiger partial charge in [0.2, 0.25) is 0 Å². The van der Waals surface area contributed by atoms with Crippen LogP contribution in [0.4, 0.5) is 10.1 Å². The van der Waals surface area contributed by atoms with Gasteiger partial charge in [-0.3, -0.25) is 4.98 Å². The maximum absolute atomic E-state index is 13.4. The summed E-state index contributed by atoms with van der Waals surface area (Å²) < 4.78 is 13.4.